The number of benzene rings is 1. The van der Waals surface area contributed by atoms with Crippen molar-refractivity contribution in [2.45, 2.75) is 6.18 Å². The van der Waals surface area contributed by atoms with Crippen molar-refractivity contribution in [3.8, 4) is 5.13 Å². The first-order chi connectivity index (χ1) is 13.3. The molecule has 0 spiro atoms. The van der Waals surface area contributed by atoms with Gasteiger partial charge in [-0.05, 0) is 12.1 Å². The van der Waals surface area contributed by atoms with Crippen LogP contribution in [-0.4, -0.2) is 59.2 Å². The minimum atomic E-state index is -4.71. The van der Waals surface area contributed by atoms with Crippen LogP contribution in [0.3, 0.4) is 0 Å². The van der Waals surface area contributed by atoms with Crippen molar-refractivity contribution in [3.63, 3.8) is 0 Å². The van der Waals surface area contributed by atoms with Crippen LogP contribution in [0.5, 0.6) is 0 Å². The number of hydrazone groups is 1. The number of quaternary nitrogens is 1. The molecule has 0 unspecified atom stereocenters. The summed E-state index contributed by atoms with van der Waals surface area (Å²) in [4.78, 5) is 18.3. The molecule has 1 aromatic carbocycles. The van der Waals surface area contributed by atoms with Crippen molar-refractivity contribution in [2.75, 3.05) is 33.2 Å². The number of halogens is 3. The van der Waals surface area contributed by atoms with Gasteiger partial charge in [0.15, 0.2) is 5.69 Å². The van der Waals surface area contributed by atoms with Gasteiger partial charge in [-0.1, -0.05) is 23.5 Å². The maximum atomic E-state index is 13.5. The highest BCUT2D eigenvalue weighted by atomic mass is 32.1. The summed E-state index contributed by atoms with van der Waals surface area (Å²) in [5, 5.41) is 8.13. The fraction of sp³-hybridized carbons (Fsp3) is 0.353. The van der Waals surface area contributed by atoms with Gasteiger partial charge in [-0.3, -0.25) is 14.9 Å². The van der Waals surface area contributed by atoms with Crippen molar-refractivity contribution in [3.05, 3.63) is 45.9 Å². The van der Waals surface area contributed by atoms with E-state index in [1.807, 2.05) is 7.05 Å². The molecule has 3 aromatic rings. The molecule has 0 bridgehead atoms. The Morgan fingerprint density at radius 1 is 1.29 bits per heavy atom. The van der Waals surface area contributed by atoms with E-state index in [4.69, 9.17) is 0 Å². The number of nitrogens with zero attached hydrogens (tertiary/aromatic N) is 4. The lowest BCUT2D eigenvalue weighted by Crippen LogP contribution is -3.11. The summed E-state index contributed by atoms with van der Waals surface area (Å²) in [5.74, 6) is 0. The fourth-order valence-electron chi connectivity index (χ4n) is 3.01. The van der Waals surface area contributed by atoms with E-state index in [9.17, 15) is 18.0 Å². The van der Waals surface area contributed by atoms with Gasteiger partial charge in [0.25, 0.3) is 5.56 Å². The number of rotatable bonds is 3. The van der Waals surface area contributed by atoms with Crippen LogP contribution >= 0.6 is 11.3 Å². The molecule has 0 amide bonds. The smallest absolute Gasteiger partial charge is 0.334 e. The third-order valence-corrected chi connectivity index (χ3v) is 5.65. The zero-order chi connectivity index (χ0) is 19.9. The molecule has 0 atom stereocenters. The standard InChI is InChI=1S/C17H17F3N6OS/c1-24-6-8-25(9-7-24)21-10-11-14(17(18,19)20)23-26(15(11)27)16-22-12-4-2-3-5-13(12)28-16/h2-5,10,23H,6-9H2,1H3/p+1/b21-10+. The number of piperazine rings is 1. The predicted octanol–water partition coefficient (Wildman–Crippen LogP) is 0.958. The predicted molar refractivity (Wildman–Crippen MR) is 100 cm³/mol. The average Bonchev–Trinajstić information content (AvgIpc) is 3.22. The van der Waals surface area contributed by atoms with Crippen LogP contribution in [0, 0.1) is 0 Å². The number of hydrogen-bond acceptors (Lipinski definition) is 5. The van der Waals surface area contributed by atoms with E-state index in [-0.39, 0.29) is 5.13 Å². The largest absolute Gasteiger partial charge is 0.433 e. The minimum absolute atomic E-state index is 0.152. The number of H-pyrrole nitrogens is 1. The van der Waals surface area contributed by atoms with Crippen LogP contribution in [0.15, 0.2) is 34.2 Å². The number of aromatic nitrogens is 3. The topological polar surface area (TPSA) is 70.7 Å². The highest BCUT2D eigenvalue weighted by Crippen LogP contribution is 2.30. The van der Waals surface area contributed by atoms with Crippen molar-refractivity contribution in [2.24, 2.45) is 5.10 Å². The van der Waals surface area contributed by atoms with Gasteiger partial charge in [-0.15, -0.1) is 0 Å². The number of likely N-dealkylation sites (N-methyl/N-ethyl adjacent to an activating group) is 1. The Labute approximate surface area is 161 Å². The molecule has 7 nitrogen and oxygen atoms in total. The molecule has 11 heteroatoms. The Balaban J connectivity index is 1.74. The van der Waals surface area contributed by atoms with Gasteiger partial charge >= 0.3 is 6.18 Å². The lowest BCUT2D eigenvalue weighted by molar-refractivity contribution is -0.884. The normalized spacial score (nSPS) is 16.5. The first-order valence-corrected chi connectivity index (χ1v) is 9.53. The average molecular weight is 411 g/mol. The van der Waals surface area contributed by atoms with Gasteiger partial charge in [0.2, 0.25) is 5.13 Å². The molecule has 0 saturated carbocycles. The van der Waals surface area contributed by atoms with E-state index in [1.165, 1.54) is 4.90 Å². The molecule has 2 N–H and O–H groups in total. The highest BCUT2D eigenvalue weighted by Gasteiger charge is 2.38. The third-order valence-electron chi connectivity index (χ3n) is 4.63. The zero-order valence-corrected chi connectivity index (χ0v) is 15.8. The Bertz CT molecular complexity index is 1040. The van der Waals surface area contributed by atoms with Crippen LogP contribution < -0.4 is 10.5 Å². The fourth-order valence-corrected chi connectivity index (χ4v) is 3.93. The summed E-state index contributed by atoms with van der Waals surface area (Å²) >= 11 is 1.14. The Kier molecular flexibility index (Phi) is 4.71. The second-order valence-electron chi connectivity index (χ2n) is 6.66. The van der Waals surface area contributed by atoms with E-state index >= 15 is 0 Å². The number of para-hydroxylation sites is 1. The molecule has 0 radical (unpaired) electrons. The molecule has 28 heavy (non-hydrogen) atoms. The number of aromatic amines is 1. The molecule has 1 aliphatic heterocycles. The van der Waals surface area contributed by atoms with Gasteiger partial charge in [-0.25, -0.2) is 4.98 Å². The maximum Gasteiger partial charge on any atom is 0.433 e. The van der Waals surface area contributed by atoms with Crippen LogP contribution in [-0.2, 0) is 6.18 Å². The van der Waals surface area contributed by atoms with Crippen LogP contribution in [0.1, 0.15) is 11.3 Å². The van der Waals surface area contributed by atoms with Gasteiger partial charge in [-0.2, -0.15) is 23.0 Å². The van der Waals surface area contributed by atoms with Crippen LogP contribution in [0.25, 0.3) is 15.3 Å². The summed E-state index contributed by atoms with van der Waals surface area (Å²) in [6.45, 7) is 2.93. The van der Waals surface area contributed by atoms with Crippen molar-refractivity contribution < 1.29 is 18.1 Å². The first-order valence-electron chi connectivity index (χ1n) is 8.71. The molecule has 1 fully saturated rings. The lowest BCUT2D eigenvalue weighted by Gasteiger charge is -2.27. The van der Waals surface area contributed by atoms with Crippen molar-refractivity contribution in [1.82, 2.24) is 19.8 Å². The molecule has 3 heterocycles. The van der Waals surface area contributed by atoms with Gasteiger partial charge < -0.3 is 4.90 Å². The number of nitrogens with one attached hydrogen (secondary N) is 2. The number of fused-ring (bicyclic) bond motifs is 1. The molecule has 148 valence electrons. The summed E-state index contributed by atoms with van der Waals surface area (Å²) < 4.78 is 42.1. The summed E-state index contributed by atoms with van der Waals surface area (Å²) in [7, 11) is 2.05. The highest BCUT2D eigenvalue weighted by molar-refractivity contribution is 7.20. The second-order valence-corrected chi connectivity index (χ2v) is 7.67. The molecule has 0 aliphatic carbocycles. The second kappa shape index (κ2) is 7.06. The zero-order valence-electron chi connectivity index (χ0n) is 15.0. The first kappa shape index (κ1) is 18.7. The van der Waals surface area contributed by atoms with Gasteiger partial charge in [0.05, 0.1) is 55.2 Å². The monoisotopic (exact) mass is 411 g/mol. The summed E-state index contributed by atoms with van der Waals surface area (Å²) in [5.41, 5.74) is -1.85. The van der Waals surface area contributed by atoms with E-state index in [2.05, 4.69) is 15.2 Å². The van der Waals surface area contributed by atoms with E-state index in [0.29, 0.717) is 18.6 Å². The summed E-state index contributed by atoms with van der Waals surface area (Å²) in [6, 6.07) is 7.12. The Hall–Kier alpha value is -2.66. The number of thiazole rings is 1. The number of hydrogen-bond donors (Lipinski definition) is 2. The van der Waals surface area contributed by atoms with Crippen LogP contribution in [0.2, 0.25) is 0 Å². The molecule has 2 aromatic heterocycles. The SMILES string of the molecule is C[NH+]1CCN(/N=C/c2c(C(F)(F)F)[nH]n(-c3nc4ccccc4s3)c2=O)CC1. The molecular weight excluding hydrogens is 393 g/mol. The minimum Gasteiger partial charge on any atom is -0.334 e. The quantitative estimate of drug-likeness (QED) is 0.631. The van der Waals surface area contributed by atoms with E-state index in [0.717, 1.165) is 40.0 Å². The Morgan fingerprint density at radius 3 is 2.68 bits per heavy atom. The molecule has 1 saturated heterocycles. The molecule has 4 rings (SSSR count). The van der Waals surface area contributed by atoms with E-state index in [1.54, 1.807) is 29.3 Å². The third kappa shape index (κ3) is 3.54. The lowest BCUT2D eigenvalue weighted by atomic mass is 10.2. The summed E-state index contributed by atoms with van der Waals surface area (Å²) in [6.07, 6.45) is -3.71. The van der Waals surface area contributed by atoms with Gasteiger partial charge in [0, 0.05) is 0 Å². The van der Waals surface area contributed by atoms with Crippen LogP contribution in [0.4, 0.5) is 13.2 Å². The van der Waals surface area contributed by atoms with Crippen molar-refractivity contribution >= 4 is 27.8 Å². The van der Waals surface area contributed by atoms with Gasteiger partial charge in [0.1, 0.15) is 0 Å². The van der Waals surface area contributed by atoms with E-state index < -0.39 is 23.0 Å². The number of alkyl halides is 3. The molecule has 1 aliphatic rings. The van der Waals surface area contributed by atoms with Crippen molar-refractivity contribution in [1.29, 1.82) is 0 Å². The molecular formula is C17H18F3N6OS+. The Morgan fingerprint density at radius 2 is 2.00 bits per heavy atom. The maximum absolute atomic E-state index is 13.5.